The van der Waals surface area contributed by atoms with Gasteiger partial charge in [-0.2, -0.15) is 0 Å². The number of aliphatic carboxylic acids is 1. The molecule has 0 amide bonds. The van der Waals surface area contributed by atoms with Gasteiger partial charge in [-0.1, -0.05) is 46.3 Å². The first-order valence-corrected chi connectivity index (χ1v) is 13.5. The van der Waals surface area contributed by atoms with Crippen LogP contribution in [0, 0.1) is 50.7 Å². The van der Waals surface area contributed by atoms with E-state index in [-0.39, 0.29) is 34.6 Å². The number of rotatable bonds is 2. The molecular formula is C29H44O4. The minimum absolute atomic E-state index is 0.0404. The molecule has 4 nitrogen and oxygen atoms in total. The minimum atomic E-state index is -0.645. The molecule has 5 rings (SSSR count). The summed E-state index contributed by atoms with van der Waals surface area (Å²) in [6.07, 6.45) is 11.7. The summed E-state index contributed by atoms with van der Waals surface area (Å²) in [5.74, 6) is 1.22. The lowest BCUT2D eigenvalue weighted by molar-refractivity contribution is -0.217. The quantitative estimate of drug-likeness (QED) is 0.498. The number of ketones is 1. The molecule has 2 N–H and O–H groups in total. The van der Waals surface area contributed by atoms with Gasteiger partial charge in [-0.3, -0.25) is 9.59 Å². The molecule has 0 aromatic heterocycles. The van der Waals surface area contributed by atoms with E-state index in [9.17, 15) is 19.8 Å². The average molecular weight is 457 g/mol. The summed E-state index contributed by atoms with van der Waals surface area (Å²) in [5.41, 5.74) is 0.273. The summed E-state index contributed by atoms with van der Waals surface area (Å²) >= 11 is 0. The van der Waals surface area contributed by atoms with E-state index in [2.05, 4.69) is 33.8 Å². The lowest BCUT2D eigenvalue weighted by atomic mass is 9.32. The Labute approximate surface area is 199 Å². The fraction of sp³-hybridized carbons (Fsp3) is 0.862. The second-order valence-electron chi connectivity index (χ2n) is 13.6. The summed E-state index contributed by atoms with van der Waals surface area (Å²) in [4.78, 5) is 25.6. The van der Waals surface area contributed by atoms with Crippen LogP contribution in [0.4, 0.5) is 0 Å². The zero-order chi connectivity index (χ0) is 24.0. The van der Waals surface area contributed by atoms with Crippen molar-refractivity contribution in [3.63, 3.8) is 0 Å². The lowest BCUT2D eigenvalue weighted by Crippen LogP contribution is -2.66. The van der Waals surface area contributed by atoms with Crippen molar-refractivity contribution < 1.29 is 19.8 Å². The molecule has 4 saturated carbocycles. The first kappa shape index (κ1) is 23.6. The molecule has 0 aliphatic heterocycles. The number of carboxylic acid groups (broad SMARTS) is 1. The van der Waals surface area contributed by atoms with Gasteiger partial charge in [0.15, 0.2) is 0 Å². The third-order valence-corrected chi connectivity index (χ3v) is 12.7. The standard InChI is InChI=1S/C29H44O4/c1-18-8-13-29(24(32)33)15-14-27(4)19(20(29)16-18)6-7-22-25(2)11-10-23(31)26(3,17-30)21(25)9-12-28(22,27)5/h16,18-19,21-22,30H,6-15,17H2,1-5H3,(H,32,33)/t18-,19-,21-,22-,25+,26-,27-,28-,29+/m1/s1. The highest BCUT2D eigenvalue weighted by Crippen LogP contribution is 2.75. The summed E-state index contributed by atoms with van der Waals surface area (Å²) in [6.45, 7) is 11.6. The molecule has 5 aliphatic rings. The van der Waals surface area contributed by atoms with Crippen molar-refractivity contribution in [2.75, 3.05) is 6.61 Å². The van der Waals surface area contributed by atoms with Crippen LogP contribution >= 0.6 is 0 Å². The Balaban J connectivity index is 1.57. The van der Waals surface area contributed by atoms with E-state index < -0.39 is 16.8 Å². The highest BCUT2D eigenvalue weighted by molar-refractivity contribution is 5.86. The SMILES string of the molecule is C[C@H]1C=C2[C@H]3CC[C@@H]4[C@@]5(C)CCC(=O)[C@](C)(CO)[C@@H]5CC[C@@]4(C)[C@]3(C)CC[C@@]2(C(=O)O)CC1. The van der Waals surface area contributed by atoms with Crippen LogP contribution in [0.15, 0.2) is 11.6 Å². The summed E-state index contributed by atoms with van der Waals surface area (Å²) in [6, 6.07) is 0. The van der Waals surface area contributed by atoms with Gasteiger partial charge in [-0.25, -0.2) is 0 Å². The molecule has 0 unspecified atom stereocenters. The number of Topliss-reactive ketones (excluding diaryl/α,β-unsaturated/α-hetero) is 1. The van der Waals surface area contributed by atoms with E-state index in [4.69, 9.17) is 0 Å². The Morgan fingerprint density at radius 1 is 0.939 bits per heavy atom. The van der Waals surface area contributed by atoms with E-state index in [0.717, 1.165) is 57.8 Å². The molecule has 4 heteroatoms. The number of carbonyl (C=O) groups excluding carboxylic acids is 1. The van der Waals surface area contributed by atoms with Crippen LogP contribution in [0.5, 0.6) is 0 Å². The summed E-state index contributed by atoms with van der Waals surface area (Å²) in [5, 5.41) is 20.7. The maximum atomic E-state index is 12.9. The zero-order valence-corrected chi connectivity index (χ0v) is 21.4. The van der Waals surface area contributed by atoms with Crippen molar-refractivity contribution in [2.24, 2.45) is 50.7 Å². The molecule has 0 aromatic carbocycles. The Morgan fingerprint density at radius 2 is 1.67 bits per heavy atom. The minimum Gasteiger partial charge on any atom is -0.481 e. The third-order valence-electron chi connectivity index (χ3n) is 12.7. The van der Waals surface area contributed by atoms with Gasteiger partial charge in [0.05, 0.1) is 17.4 Å². The number of hydrogen-bond donors (Lipinski definition) is 2. The smallest absolute Gasteiger partial charge is 0.313 e. The van der Waals surface area contributed by atoms with Crippen molar-refractivity contribution in [3.05, 3.63) is 11.6 Å². The largest absolute Gasteiger partial charge is 0.481 e. The average Bonchev–Trinajstić information content (AvgIpc) is 2.77. The van der Waals surface area contributed by atoms with Gasteiger partial charge >= 0.3 is 5.97 Å². The molecule has 0 saturated heterocycles. The zero-order valence-electron chi connectivity index (χ0n) is 21.4. The van der Waals surface area contributed by atoms with Crippen LogP contribution in [0.3, 0.4) is 0 Å². The van der Waals surface area contributed by atoms with Gasteiger partial charge in [0.2, 0.25) is 0 Å². The fourth-order valence-electron chi connectivity index (χ4n) is 10.4. The number of hydrogen-bond acceptors (Lipinski definition) is 3. The molecular weight excluding hydrogens is 412 g/mol. The second-order valence-corrected chi connectivity index (χ2v) is 13.6. The Hall–Kier alpha value is -1.16. The van der Waals surface area contributed by atoms with Crippen LogP contribution < -0.4 is 0 Å². The van der Waals surface area contributed by atoms with E-state index in [1.807, 2.05) is 6.92 Å². The van der Waals surface area contributed by atoms with Crippen molar-refractivity contribution in [1.29, 1.82) is 0 Å². The Kier molecular flexibility index (Phi) is 5.13. The summed E-state index contributed by atoms with van der Waals surface area (Å²) in [7, 11) is 0. The molecule has 0 radical (unpaired) electrons. The number of allylic oxidation sites excluding steroid dienone is 1. The van der Waals surface area contributed by atoms with E-state index in [1.165, 1.54) is 5.57 Å². The maximum Gasteiger partial charge on any atom is 0.313 e. The number of fused-ring (bicyclic) bond motifs is 7. The number of aliphatic hydroxyl groups is 1. The Morgan fingerprint density at radius 3 is 2.33 bits per heavy atom. The van der Waals surface area contributed by atoms with Crippen molar-refractivity contribution in [2.45, 2.75) is 98.8 Å². The number of carbonyl (C=O) groups is 2. The summed E-state index contributed by atoms with van der Waals surface area (Å²) < 4.78 is 0. The first-order chi connectivity index (χ1) is 15.4. The molecule has 0 aromatic rings. The number of aliphatic hydroxyl groups excluding tert-OH is 1. The van der Waals surface area contributed by atoms with Crippen LogP contribution in [0.2, 0.25) is 0 Å². The third kappa shape index (κ3) is 2.74. The van der Waals surface area contributed by atoms with E-state index >= 15 is 0 Å². The van der Waals surface area contributed by atoms with Gasteiger partial charge in [0, 0.05) is 6.42 Å². The van der Waals surface area contributed by atoms with Gasteiger partial charge in [0.1, 0.15) is 5.78 Å². The number of carboxylic acids is 1. The van der Waals surface area contributed by atoms with Gasteiger partial charge < -0.3 is 10.2 Å². The molecule has 4 fully saturated rings. The van der Waals surface area contributed by atoms with Crippen LogP contribution in [0.1, 0.15) is 98.8 Å². The van der Waals surface area contributed by atoms with Crippen molar-refractivity contribution in [3.8, 4) is 0 Å². The predicted octanol–water partition coefficient (Wildman–Crippen LogP) is 6.02. The van der Waals surface area contributed by atoms with Crippen LogP contribution in [0.25, 0.3) is 0 Å². The maximum absolute atomic E-state index is 12.9. The van der Waals surface area contributed by atoms with Crippen molar-refractivity contribution >= 4 is 11.8 Å². The van der Waals surface area contributed by atoms with Crippen LogP contribution in [-0.2, 0) is 9.59 Å². The molecule has 5 aliphatic carbocycles. The monoisotopic (exact) mass is 456 g/mol. The molecule has 9 atom stereocenters. The normalized spacial score (nSPS) is 53.8. The lowest BCUT2D eigenvalue weighted by Gasteiger charge is -2.71. The highest BCUT2D eigenvalue weighted by Gasteiger charge is 2.70. The fourth-order valence-corrected chi connectivity index (χ4v) is 10.4. The highest BCUT2D eigenvalue weighted by atomic mass is 16.4. The van der Waals surface area contributed by atoms with Gasteiger partial charge in [0.25, 0.3) is 0 Å². The van der Waals surface area contributed by atoms with E-state index in [1.54, 1.807) is 0 Å². The van der Waals surface area contributed by atoms with Crippen LogP contribution in [-0.4, -0.2) is 28.6 Å². The molecule has 0 bridgehead atoms. The second kappa shape index (κ2) is 7.18. The topological polar surface area (TPSA) is 74.6 Å². The van der Waals surface area contributed by atoms with Gasteiger partial charge in [-0.15, -0.1) is 0 Å². The Bertz CT molecular complexity index is 907. The molecule has 0 spiro atoms. The van der Waals surface area contributed by atoms with Crippen molar-refractivity contribution in [1.82, 2.24) is 0 Å². The predicted molar refractivity (Wildman–Crippen MR) is 128 cm³/mol. The first-order valence-electron chi connectivity index (χ1n) is 13.5. The molecule has 0 heterocycles. The molecule has 184 valence electrons. The van der Waals surface area contributed by atoms with E-state index in [0.29, 0.717) is 24.2 Å². The molecule has 33 heavy (non-hydrogen) atoms. The van der Waals surface area contributed by atoms with Gasteiger partial charge in [-0.05, 0) is 97.7 Å².